The van der Waals surface area contributed by atoms with Gasteiger partial charge in [0.25, 0.3) is 0 Å². The minimum absolute atomic E-state index is 0.0182. The fraction of sp³-hybridized carbons (Fsp3) is 0.538. The standard InChI is InChI=1S/C13H16BrFO2/c1-8(6-16)11-4-10(15)5-12(14)13(11)17-7-9-2-3-9/h4-5,8-9,16H,2-3,6-7H2,1H3. The van der Waals surface area contributed by atoms with E-state index in [-0.39, 0.29) is 18.3 Å². The zero-order valence-electron chi connectivity index (χ0n) is 9.75. The first-order valence-corrected chi connectivity index (χ1v) is 6.63. The summed E-state index contributed by atoms with van der Waals surface area (Å²) in [7, 11) is 0. The first-order valence-electron chi connectivity index (χ1n) is 5.84. The van der Waals surface area contributed by atoms with Crippen LogP contribution < -0.4 is 4.74 Å². The Balaban J connectivity index is 2.24. The van der Waals surface area contributed by atoms with E-state index in [2.05, 4.69) is 15.9 Å². The Kier molecular flexibility index (Phi) is 4.05. The van der Waals surface area contributed by atoms with Crippen LogP contribution in [0.4, 0.5) is 4.39 Å². The third-order valence-electron chi connectivity index (χ3n) is 3.00. The minimum Gasteiger partial charge on any atom is -0.492 e. The van der Waals surface area contributed by atoms with Crippen LogP contribution in [-0.2, 0) is 0 Å². The van der Waals surface area contributed by atoms with Crippen molar-refractivity contribution < 1.29 is 14.2 Å². The molecule has 0 heterocycles. The summed E-state index contributed by atoms with van der Waals surface area (Å²) in [5.41, 5.74) is 0.722. The van der Waals surface area contributed by atoms with Gasteiger partial charge in [-0.3, -0.25) is 0 Å². The van der Waals surface area contributed by atoms with Crippen molar-refractivity contribution in [1.29, 1.82) is 0 Å². The molecule has 1 aromatic carbocycles. The van der Waals surface area contributed by atoms with Crippen LogP contribution in [0.1, 0.15) is 31.2 Å². The molecule has 1 aliphatic rings. The molecule has 17 heavy (non-hydrogen) atoms. The smallest absolute Gasteiger partial charge is 0.137 e. The highest BCUT2D eigenvalue weighted by atomic mass is 79.9. The van der Waals surface area contributed by atoms with E-state index in [1.54, 1.807) is 0 Å². The molecule has 0 amide bonds. The summed E-state index contributed by atoms with van der Waals surface area (Å²) in [6.45, 7) is 2.51. The second kappa shape index (κ2) is 5.36. The Morgan fingerprint density at radius 1 is 1.53 bits per heavy atom. The monoisotopic (exact) mass is 302 g/mol. The molecule has 0 aliphatic heterocycles. The molecule has 2 nitrogen and oxygen atoms in total. The van der Waals surface area contributed by atoms with Crippen LogP contribution in [0, 0.1) is 11.7 Å². The van der Waals surface area contributed by atoms with E-state index >= 15 is 0 Å². The third kappa shape index (κ3) is 3.19. The third-order valence-corrected chi connectivity index (χ3v) is 3.59. The van der Waals surface area contributed by atoms with Gasteiger partial charge in [0, 0.05) is 18.1 Å². The second-order valence-corrected chi connectivity index (χ2v) is 5.50. The quantitative estimate of drug-likeness (QED) is 0.902. The molecule has 94 valence electrons. The molecule has 1 atom stereocenters. The van der Waals surface area contributed by atoms with Crippen molar-refractivity contribution in [2.75, 3.05) is 13.2 Å². The number of ether oxygens (including phenoxy) is 1. The van der Waals surface area contributed by atoms with E-state index in [4.69, 9.17) is 4.74 Å². The second-order valence-electron chi connectivity index (χ2n) is 4.64. The highest BCUT2D eigenvalue weighted by molar-refractivity contribution is 9.10. The van der Waals surface area contributed by atoms with Crippen LogP contribution in [0.3, 0.4) is 0 Å². The van der Waals surface area contributed by atoms with Crippen molar-refractivity contribution in [3.05, 3.63) is 28.0 Å². The zero-order valence-corrected chi connectivity index (χ0v) is 11.3. The maximum absolute atomic E-state index is 13.3. The summed E-state index contributed by atoms with van der Waals surface area (Å²) in [6.07, 6.45) is 2.42. The SMILES string of the molecule is CC(CO)c1cc(F)cc(Br)c1OCC1CC1. The molecule has 1 unspecified atom stereocenters. The van der Waals surface area contributed by atoms with Crippen LogP contribution in [0.15, 0.2) is 16.6 Å². The van der Waals surface area contributed by atoms with Crippen molar-refractivity contribution in [3.63, 3.8) is 0 Å². The van der Waals surface area contributed by atoms with Crippen molar-refractivity contribution in [1.82, 2.24) is 0 Å². The minimum atomic E-state index is -0.314. The average molecular weight is 303 g/mol. The van der Waals surface area contributed by atoms with Crippen LogP contribution in [0.2, 0.25) is 0 Å². The summed E-state index contributed by atoms with van der Waals surface area (Å²) < 4.78 is 19.7. The van der Waals surface area contributed by atoms with Crippen LogP contribution in [0.5, 0.6) is 5.75 Å². The molecule has 0 radical (unpaired) electrons. The normalized spacial score (nSPS) is 16.9. The number of benzene rings is 1. The number of rotatable bonds is 5. The molecule has 4 heteroatoms. The molecule has 0 spiro atoms. The van der Waals surface area contributed by atoms with E-state index in [1.165, 1.54) is 25.0 Å². The molecule has 0 saturated heterocycles. The van der Waals surface area contributed by atoms with E-state index in [1.807, 2.05) is 6.92 Å². The van der Waals surface area contributed by atoms with E-state index in [0.717, 1.165) is 5.56 Å². The molecular formula is C13H16BrFO2. The molecule has 0 aromatic heterocycles. The van der Waals surface area contributed by atoms with Crippen LogP contribution in [0.25, 0.3) is 0 Å². The Hall–Kier alpha value is -0.610. The van der Waals surface area contributed by atoms with Gasteiger partial charge >= 0.3 is 0 Å². The van der Waals surface area contributed by atoms with Gasteiger partial charge in [-0.05, 0) is 46.8 Å². The maximum Gasteiger partial charge on any atom is 0.137 e. The fourth-order valence-electron chi connectivity index (χ4n) is 1.68. The molecule has 0 bridgehead atoms. The fourth-order valence-corrected chi connectivity index (χ4v) is 2.24. The summed E-state index contributed by atoms with van der Waals surface area (Å²) in [5, 5.41) is 9.19. The lowest BCUT2D eigenvalue weighted by molar-refractivity contribution is 0.260. The summed E-state index contributed by atoms with van der Waals surface area (Å²) in [6, 6.07) is 2.84. The van der Waals surface area contributed by atoms with Gasteiger partial charge in [-0.25, -0.2) is 4.39 Å². The van der Waals surface area contributed by atoms with Gasteiger partial charge in [0.15, 0.2) is 0 Å². The van der Waals surface area contributed by atoms with E-state index < -0.39 is 0 Å². The average Bonchev–Trinajstić information content (AvgIpc) is 3.09. The molecule has 1 fully saturated rings. The van der Waals surface area contributed by atoms with E-state index in [0.29, 0.717) is 22.7 Å². The number of aliphatic hydroxyl groups excluding tert-OH is 1. The Morgan fingerprint density at radius 3 is 2.82 bits per heavy atom. The topological polar surface area (TPSA) is 29.5 Å². The van der Waals surface area contributed by atoms with Gasteiger partial charge in [-0.15, -0.1) is 0 Å². The Morgan fingerprint density at radius 2 is 2.24 bits per heavy atom. The van der Waals surface area contributed by atoms with Crippen LogP contribution in [-0.4, -0.2) is 18.3 Å². The predicted octanol–water partition coefficient (Wildman–Crippen LogP) is 3.47. The largest absolute Gasteiger partial charge is 0.492 e. The molecule has 1 N–H and O–H groups in total. The highest BCUT2D eigenvalue weighted by Crippen LogP contribution is 2.37. The molecule has 2 rings (SSSR count). The van der Waals surface area contributed by atoms with Gasteiger partial charge in [0.2, 0.25) is 0 Å². The van der Waals surface area contributed by atoms with E-state index in [9.17, 15) is 9.50 Å². The lowest BCUT2D eigenvalue weighted by Crippen LogP contribution is -2.07. The van der Waals surface area contributed by atoms with Crippen LogP contribution >= 0.6 is 15.9 Å². The number of hydrogen-bond donors (Lipinski definition) is 1. The van der Waals surface area contributed by atoms with Gasteiger partial charge in [-0.1, -0.05) is 6.92 Å². The van der Waals surface area contributed by atoms with Crippen molar-refractivity contribution in [2.24, 2.45) is 5.92 Å². The Labute approximate surface area is 109 Å². The summed E-state index contributed by atoms with van der Waals surface area (Å²) in [4.78, 5) is 0. The molecule has 1 aliphatic carbocycles. The van der Waals surface area contributed by atoms with Crippen molar-refractivity contribution in [2.45, 2.75) is 25.7 Å². The van der Waals surface area contributed by atoms with Gasteiger partial charge < -0.3 is 9.84 Å². The van der Waals surface area contributed by atoms with Crippen molar-refractivity contribution >= 4 is 15.9 Å². The molecule has 1 aromatic rings. The highest BCUT2D eigenvalue weighted by Gasteiger charge is 2.24. The molecule has 1 saturated carbocycles. The summed E-state index contributed by atoms with van der Waals surface area (Å²) >= 11 is 3.32. The van der Waals surface area contributed by atoms with Gasteiger partial charge in [-0.2, -0.15) is 0 Å². The van der Waals surface area contributed by atoms with Gasteiger partial charge in [0.1, 0.15) is 11.6 Å². The predicted molar refractivity (Wildman–Crippen MR) is 67.8 cm³/mol. The first-order chi connectivity index (χ1) is 8.11. The molecular weight excluding hydrogens is 287 g/mol. The lowest BCUT2D eigenvalue weighted by atomic mass is 10.0. The number of hydrogen-bond acceptors (Lipinski definition) is 2. The Bertz CT molecular complexity index is 405. The first kappa shape index (κ1) is 12.8. The number of halogens is 2. The zero-order chi connectivity index (χ0) is 12.4. The summed E-state index contributed by atoms with van der Waals surface area (Å²) in [5.74, 6) is 0.867. The number of aliphatic hydroxyl groups is 1. The lowest BCUT2D eigenvalue weighted by Gasteiger charge is -2.17. The van der Waals surface area contributed by atoms with Gasteiger partial charge in [0.05, 0.1) is 11.1 Å². The maximum atomic E-state index is 13.3. The van der Waals surface area contributed by atoms with Crippen molar-refractivity contribution in [3.8, 4) is 5.75 Å².